The molecule has 6 heteroatoms. The fourth-order valence-electron chi connectivity index (χ4n) is 2.57. The fourth-order valence-corrected chi connectivity index (χ4v) is 2.70. The third kappa shape index (κ3) is 5.28. The first kappa shape index (κ1) is 18.9. The van der Waals surface area contributed by atoms with Gasteiger partial charge >= 0.3 is 0 Å². The average molecular weight is 381 g/mol. The van der Waals surface area contributed by atoms with Crippen LogP contribution >= 0.6 is 11.6 Å². The van der Waals surface area contributed by atoms with Crippen molar-refractivity contribution in [3.05, 3.63) is 82.1 Å². The Kier molecular flexibility index (Phi) is 6.04. The normalized spacial score (nSPS) is 10.5. The summed E-state index contributed by atoms with van der Waals surface area (Å²) in [6.07, 6.45) is 3.78. The molecule has 0 saturated carbocycles. The number of anilines is 2. The van der Waals surface area contributed by atoms with E-state index in [9.17, 15) is 4.79 Å². The molecule has 0 unspecified atom stereocenters. The van der Waals surface area contributed by atoms with Crippen LogP contribution in [-0.2, 0) is 6.42 Å². The Hall–Kier alpha value is -2.92. The van der Waals surface area contributed by atoms with Crippen molar-refractivity contribution in [2.45, 2.75) is 20.3 Å². The monoisotopic (exact) mass is 380 g/mol. The van der Waals surface area contributed by atoms with E-state index in [2.05, 4.69) is 26.7 Å². The van der Waals surface area contributed by atoms with Gasteiger partial charge in [-0.2, -0.15) is 0 Å². The Labute approximate surface area is 163 Å². The van der Waals surface area contributed by atoms with Gasteiger partial charge in [-0.05, 0) is 55.2 Å². The van der Waals surface area contributed by atoms with Crippen LogP contribution in [0.15, 0.2) is 54.9 Å². The molecule has 3 rings (SSSR count). The molecule has 0 aliphatic heterocycles. The molecule has 0 radical (unpaired) electrons. The first-order chi connectivity index (χ1) is 13.0. The number of carbonyl (C=O) groups excluding carboxylic acids is 1. The van der Waals surface area contributed by atoms with Gasteiger partial charge in [-0.1, -0.05) is 35.9 Å². The quantitative estimate of drug-likeness (QED) is 0.662. The van der Waals surface area contributed by atoms with Crippen LogP contribution in [0.4, 0.5) is 11.6 Å². The van der Waals surface area contributed by atoms with Crippen molar-refractivity contribution in [3.63, 3.8) is 0 Å². The first-order valence-electron chi connectivity index (χ1n) is 8.70. The molecule has 0 spiro atoms. The number of benzene rings is 2. The van der Waals surface area contributed by atoms with Gasteiger partial charge in [-0.3, -0.25) is 4.79 Å². The molecule has 0 atom stereocenters. The van der Waals surface area contributed by atoms with E-state index in [1.807, 2.05) is 50.2 Å². The van der Waals surface area contributed by atoms with Crippen molar-refractivity contribution in [1.82, 2.24) is 15.3 Å². The third-order valence-corrected chi connectivity index (χ3v) is 4.42. The van der Waals surface area contributed by atoms with Crippen LogP contribution < -0.4 is 10.6 Å². The van der Waals surface area contributed by atoms with Crippen molar-refractivity contribution in [2.24, 2.45) is 0 Å². The van der Waals surface area contributed by atoms with Crippen LogP contribution in [0.5, 0.6) is 0 Å². The summed E-state index contributed by atoms with van der Waals surface area (Å²) >= 11 is 5.87. The Morgan fingerprint density at radius 1 is 1.04 bits per heavy atom. The molecule has 138 valence electrons. The van der Waals surface area contributed by atoms with Gasteiger partial charge in [0.25, 0.3) is 5.91 Å². The van der Waals surface area contributed by atoms with E-state index in [0.717, 1.165) is 28.8 Å². The smallest absolute Gasteiger partial charge is 0.254 e. The van der Waals surface area contributed by atoms with E-state index in [1.165, 1.54) is 12.4 Å². The second-order valence-electron chi connectivity index (χ2n) is 6.37. The molecule has 0 saturated heterocycles. The first-order valence-corrected chi connectivity index (χ1v) is 9.08. The van der Waals surface area contributed by atoms with Crippen LogP contribution in [0.25, 0.3) is 0 Å². The van der Waals surface area contributed by atoms with Gasteiger partial charge in [0.2, 0.25) is 5.95 Å². The van der Waals surface area contributed by atoms with Crippen molar-refractivity contribution >= 4 is 29.1 Å². The van der Waals surface area contributed by atoms with Gasteiger partial charge in [0.15, 0.2) is 0 Å². The maximum absolute atomic E-state index is 12.2. The highest BCUT2D eigenvalue weighted by Crippen LogP contribution is 2.19. The fraction of sp³-hybridized carbons (Fsp3) is 0.190. The zero-order chi connectivity index (χ0) is 19.2. The maximum Gasteiger partial charge on any atom is 0.254 e. The molecule has 0 aliphatic rings. The number of aryl methyl sites for hydroxylation is 2. The lowest BCUT2D eigenvalue weighted by molar-refractivity contribution is 0.0953. The van der Waals surface area contributed by atoms with Crippen LogP contribution in [-0.4, -0.2) is 22.4 Å². The highest BCUT2D eigenvalue weighted by molar-refractivity contribution is 6.30. The van der Waals surface area contributed by atoms with E-state index in [0.29, 0.717) is 23.1 Å². The lowest BCUT2D eigenvalue weighted by atomic mass is 10.1. The number of halogens is 1. The minimum Gasteiger partial charge on any atom is -0.352 e. The van der Waals surface area contributed by atoms with Gasteiger partial charge < -0.3 is 10.6 Å². The zero-order valence-corrected chi connectivity index (χ0v) is 16.0. The second kappa shape index (κ2) is 8.64. The largest absolute Gasteiger partial charge is 0.352 e. The zero-order valence-electron chi connectivity index (χ0n) is 15.3. The van der Waals surface area contributed by atoms with Crippen molar-refractivity contribution in [2.75, 3.05) is 11.9 Å². The van der Waals surface area contributed by atoms with E-state index in [4.69, 9.17) is 11.6 Å². The minimum atomic E-state index is -0.192. The number of amides is 1. The number of nitrogens with one attached hydrogen (secondary N) is 2. The van der Waals surface area contributed by atoms with E-state index in [1.54, 1.807) is 0 Å². The summed E-state index contributed by atoms with van der Waals surface area (Å²) in [7, 11) is 0. The lowest BCUT2D eigenvalue weighted by Crippen LogP contribution is -2.26. The summed E-state index contributed by atoms with van der Waals surface area (Å²) in [5.41, 5.74) is 4.75. The van der Waals surface area contributed by atoms with Gasteiger partial charge in [0, 0.05) is 29.6 Å². The summed E-state index contributed by atoms with van der Waals surface area (Å²) in [4.78, 5) is 20.7. The number of rotatable bonds is 6. The predicted octanol–water partition coefficient (Wildman–Crippen LogP) is 4.46. The van der Waals surface area contributed by atoms with Gasteiger partial charge in [-0.15, -0.1) is 0 Å². The molecule has 2 aromatic carbocycles. The van der Waals surface area contributed by atoms with E-state index in [-0.39, 0.29) is 5.91 Å². The highest BCUT2D eigenvalue weighted by Gasteiger charge is 2.08. The second-order valence-corrected chi connectivity index (χ2v) is 6.81. The Morgan fingerprint density at radius 2 is 1.74 bits per heavy atom. The van der Waals surface area contributed by atoms with Crippen LogP contribution in [0.2, 0.25) is 5.02 Å². The van der Waals surface area contributed by atoms with Crippen molar-refractivity contribution in [3.8, 4) is 0 Å². The maximum atomic E-state index is 12.2. The molecule has 2 N–H and O–H groups in total. The molecular formula is C21H21ClN4O. The summed E-state index contributed by atoms with van der Waals surface area (Å²) in [6.45, 7) is 4.58. The molecule has 3 aromatic rings. The third-order valence-electron chi connectivity index (χ3n) is 4.17. The Bertz CT molecular complexity index is 924. The molecule has 1 aromatic heterocycles. The summed E-state index contributed by atoms with van der Waals surface area (Å²) < 4.78 is 0. The minimum absolute atomic E-state index is 0.192. The lowest BCUT2D eigenvalue weighted by Gasteiger charge is -2.09. The molecule has 1 heterocycles. The number of hydrogen-bond donors (Lipinski definition) is 2. The topological polar surface area (TPSA) is 66.9 Å². The number of hydrogen-bond acceptors (Lipinski definition) is 4. The average Bonchev–Trinajstić information content (AvgIpc) is 2.67. The van der Waals surface area contributed by atoms with Crippen LogP contribution in [0.3, 0.4) is 0 Å². The Morgan fingerprint density at radius 3 is 2.44 bits per heavy atom. The summed E-state index contributed by atoms with van der Waals surface area (Å²) in [6, 6.07) is 13.7. The number of aromatic nitrogens is 2. The molecule has 27 heavy (non-hydrogen) atoms. The molecule has 5 nitrogen and oxygen atoms in total. The Balaban J connectivity index is 1.55. The number of nitrogens with zero attached hydrogens (tertiary/aromatic N) is 2. The van der Waals surface area contributed by atoms with Gasteiger partial charge in [-0.25, -0.2) is 9.97 Å². The van der Waals surface area contributed by atoms with Gasteiger partial charge in [0.1, 0.15) is 0 Å². The van der Waals surface area contributed by atoms with E-state index >= 15 is 0 Å². The molecule has 0 fully saturated rings. The van der Waals surface area contributed by atoms with E-state index < -0.39 is 0 Å². The molecule has 0 bridgehead atoms. The molecular weight excluding hydrogens is 360 g/mol. The molecule has 0 aliphatic carbocycles. The number of carbonyl (C=O) groups is 1. The summed E-state index contributed by atoms with van der Waals surface area (Å²) in [5.74, 6) is 0.267. The SMILES string of the molecule is Cc1ccc(C)c(Nc2ncc(C(=O)NCCc3ccc(Cl)cc3)cn2)c1. The predicted molar refractivity (Wildman–Crippen MR) is 109 cm³/mol. The standard InChI is InChI=1S/C21H21ClN4O/c1-14-3-4-15(2)19(11-14)26-21-24-12-17(13-25-21)20(27)23-10-9-16-5-7-18(22)8-6-16/h3-8,11-13H,9-10H2,1-2H3,(H,23,27)(H,24,25,26). The van der Waals surface area contributed by atoms with Gasteiger partial charge in [0.05, 0.1) is 5.56 Å². The molecule has 1 amide bonds. The van der Waals surface area contributed by atoms with Crippen LogP contribution in [0.1, 0.15) is 27.0 Å². The summed E-state index contributed by atoms with van der Waals surface area (Å²) in [5, 5.41) is 6.76. The van der Waals surface area contributed by atoms with Crippen molar-refractivity contribution in [1.29, 1.82) is 0 Å². The van der Waals surface area contributed by atoms with Crippen LogP contribution in [0, 0.1) is 13.8 Å². The van der Waals surface area contributed by atoms with Crippen molar-refractivity contribution < 1.29 is 4.79 Å². The highest BCUT2D eigenvalue weighted by atomic mass is 35.5.